The number of nitrogens with one attached hydrogen (secondary N) is 1. The Hall–Kier alpha value is -1.67. The topological polar surface area (TPSA) is 88.3 Å². The number of likely N-dealkylation sites (tertiary alicyclic amines) is 1. The van der Waals surface area contributed by atoms with Gasteiger partial charge in [0, 0.05) is 38.0 Å². The summed E-state index contributed by atoms with van der Waals surface area (Å²) in [5.74, 6) is -0.0991. The molecule has 29 heavy (non-hydrogen) atoms. The minimum atomic E-state index is -0.140. The first-order valence-electron chi connectivity index (χ1n) is 9.38. The molecule has 0 aliphatic carbocycles. The molecule has 1 aliphatic heterocycles. The number of nitrogens with zero attached hydrogens (tertiary/aromatic N) is 2. The maximum atomic E-state index is 12.7. The monoisotopic (exact) mass is 458 g/mol. The average molecular weight is 459 g/mol. The van der Waals surface area contributed by atoms with Gasteiger partial charge in [0.1, 0.15) is 0 Å². The highest BCUT2D eigenvalue weighted by Crippen LogP contribution is 2.19. The number of aromatic nitrogens is 1. The van der Waals surface area contributed by atoms with Gasteiger partial charge in [0.05, 0.1) is 23.0 Å². The molecule has 2 heterocycles. The third-order valence-corrected chi connectivity index (χ3v) is 5.62. The molecular weight excluding hydrogens is 431 g/mol. The van der Waals surface area contributed by atoms with Crippen LogP contribution in [0.25, 0.3) is 0 Å². The Morgan fingerprint density at radius 2 is 2.00 bits per heavy atom. The second-order valence-electron chi connectivity index (χ2n) is 6.83. The quantitative estimate of drug-likeness (QED) is 0.666. The summed E-state index contributed by atoms with van der Waals surface area (Å²) in [5.41, 5.74) is 7.46. The molecule has 3 N–H and O–H groups in total. The summed E-state index contributed by atoms with van der Waals surface area (Å²) in [5, 5.41) is 5.80. The van der Waals surface area contributed by atoms with Crippen LogP contribution in [0.1, 0.15) is 29.1 Å². The fourth-order valence-electron chi connectivity index (χ4n) is 3.31. The minimum absolute atomic E-state index is 0. The van der Waals surface area contributed by atoms with E-state index >= 15 is 0 Å². The van der Waals surface area contributed by atoms with Gasteiger partial charge in [0.25, 0.3) is 0 Å². The van der Waals surface area contributed by atoms with Crippen LogP contribution in [-0.2, 0) is 22.4 Å². The third kappa shape index (κ3) is 7.59. The second kappa shape index (κ2) is 12.8. The van der Waals surface area contributed by atoms with Gasteiger partial charge in [0.15, 0.2) is 0 Å². The Balaban J connectivity index is 0.00000210. The Labute approximate surface area is 188 Å². The zero-order valence-electron chi connectivity index (χ0n) is 16.2. The van der Waals surface area contributed by atoms with E-state index in [1.54, 1.807) is 16.2 Å². The minimum Gasteiger partial charge on any atom is -0.355 e. The molecule has 3 rings (SSSR count). The normalized spacial score (nSPS) is 15.8. The molecule has 0 radical (unpaired) electrons. The van der Waals surface area contributed by atoms with Crippen LogP contribution >= 0.6 is 36.2 Å². The van der Waals surface area contributed by atoms with Crippen molar-refractivity contribution in [2.45, 2.75) is 25.7 Å². The van der Waals surface area contributed by atoms with Crippen molar-refractivity contribution >= 4 is 48.0 Å². The Bertz CT molecular complexity index is 773. The van der Waals surface area contributed by atoms with Gasteiger partial charge in [-0.3, -0.25) is 9.59 Å². The van der Waals surface area contributed by atoms with Crippen molar-refractivity contribution in [3.05, 3.63) is 52.0 Å². The molecule has 1 atom stereocenters. The molecular formula is C20H28Cl2N4O2S. The summed E-state index contributed by atoms with van der Waals surface area (Å²) < 4.78 is 0. The van der Waals surface area contributed by atoms with E-state index < -0.39 is 0 Å². The maximum absolute atomic E-state index is 12.7. The van der Waals surface area contributed by atoms with E-state index in [4.69, 9.17) is 5.73 Å². The summed E-state index contributed by atoms with van der Waals surface area (Å²) in [4.78, 5) is 31.2. The fraction of sp³-hybridized carbons (Fsp3) is 0.450. The molecule has 2 aromatic rings. The van der Waals surface area contributed by atoms with Crippen LogP contribution in [0.15, 0.2) is 35.7 Å². The lowest BCUT2D eigenvalue weighted by Gasteiger charge is -2.32. The molecule has 1 unspecified atom stereocenters. The number of halogens is 2. The molecule has 0 saturated carbocycles. The predicted octanol–water partition coefficient (Wildman–Crippen LogP) is 2.43. The average Bonchev–Trinajstić information content (AvgIpc) is 3.13. The summed E-state index contributed by atoms with van der Waals surface area (Å²) >= 11 is 1.59. The standard InChI is InChI=1S/C20H26N4O2S.2ClH/c21-8-9-22-20(26)16-7-4-10-24(13-16)19(25)12-17-14-27-18(23-17)11-15-5-2-1-3-6-15;;/h1-3,5-6,14,16H,4,7-13,21H2,(H,22,26);2*1H. The number of piperidine rings is 1. The Morgan fingerprint density at radius 3 is 2.72 bits per heavy atom. The lowest BCUT2D eigenvalue weighted by Crippen LogP contribution is -2.46. The second-order valence-corrected chi connectivity index (χ2v) is 7.77. The molecule has 1 aromatic carbocycles. The maximum Gasteiger partial charge on any atom is 0.228 e. The molecule has 1 saturated heterocycles. The Morgan fingerprint density at radius 1 is 1.24 bits per heavy atom. The molecule has 0 bridgehead atoms. The number of benzene rings is 1. The number of carbonyl (C=O) groups is 2. The summed E-state index contributed by atoms with van der Waals surface area (Å²) in [6.45, 7) is 2.10. The van der Waals surface area contributed by atoms with Crippen LogP contribution in [0, 0.1) is 5.92 Å². The van der Waals surface area contributed by atoms with E-state index in [0.717, 1.165) is 30.0 Å². The highest BCUT2D eigenvalue weighted by Gasteiger charge is 2.28. The molecule has 9 heteroatoms. The van der Waals surface area contributed by atoms with Crippen molar-refractivity contribution in [1.29, 1.82) is 0 Å². The van der Waals surface area contributed by atoms with E-state index in [2.05, 4.69) is 22.4 Å². The zero-order valence-corrected chi connectivity index (χ0v) is 18.7. The Kier molecular flexibility index (Phi) is 11.2. The van der Waals surface area contributed by atoms with Crippen molar-refractivity contribution in [2.75, 3.05) is 26.2 Å². The van der Waals surface area contributed by atoms with Crippen molar-refractivity contribution < 1.29 is 9.59 Å². The van der Waals surface area contributed by atoms with Crippen LogP contribution in [0.3, 0.4) is 0 Å². The zero-order chi connectivity index (χ0) is 19.1. The van der Waals surface area contributed by atoms with Crippen molar-refractivity contribution in [3.8, 4) is 0 Å². The van der Waals surface area contributed by atoms with E-state index in [1.165, 1.54) is 5.56 Å². The molecule has 1 aromatic heterocycles. The van der Waals surface area contributed by atoms with Crippen molar-refractivity contribution in [1.82, 2.24) is 15.2 Å². The SMILES string of the molecule is Cl.Cl.NCCNC(=O)C1CCCN(C(=O)Cc2csc(Cc3ccccc3)n2)C1. The highest BCUT2D eigenvalue weighted by atomic mass is 35.5. The van der Waals surface area contributed by atoms with Gasteiger partial charge in [-0.15, -0.1) is 36.2 Å². The first kappa shape index (κ1) is 25.4. The summed E-state index contributed by atoms with van der Waals surface area (Å²) in [6.07, 6.45) is 2.75. The number of hydrogen-bond donors (Lipinski definition) is 2. The first-order valence-corrected chi connectivity index (χ1v) is 10.3. The largest absolute Gasteiger partial charge is 0.355 e. The highest BCUT2D eigenvalue weighted by molar-refractivity contribution is 7.09. The van der Waals surface area contributed by atoms with Gasteiger partial charge in [-0.2, -0.15) is 0 Å². The predicted molar refractivity (Wildman–Crippen MR) is 121 cm³/mol. The van der Waals surface area contributed by atoms with Crippen LogP contribution in [0.4, 0.5) is 0 Å². The molecule has 1 aliphatic rings. The van der Waals surface area contributed by atoms with E-state index in [-0.39, 0.29) is 42.5 Å². The summed E-state index contributed by atoms with van der Waals surface area (Å²) in [7, 11) is 0. The number of nitrogens with two attached hydrogens (primary N) is 1. The molecule has 6 nitrogen and oxygen atoms in total. The van der Waals surface area contributed by atoms with Gasteiger partial charge in [-0.1, -0.05) is 30.3 Å². The summed E-state index contributed by atoms with van der Waals surface area (Å²) in [6, 6.07) is 10.2. The molecule has 2 amide bonds. The van der Waals surface area contributed by atoms with Crippen molar-refractivity contribution in [3.63, 3.8) is 0 Å². The lowest BCUT2D eigenvalue weighted by molar-refractivity contribution is -0.135. The number of hydrogen-bond acceptors (Lipinski definition) is 5. The molecule has 1 fully saturated rings. The number of amides is 2. The lowest BCUT2D eigenvalue weighted by atomic mass is 9.96. The van der Waals surface area contributed by atoms with Gasteiger partial charge in [-0.05, 0) is 18.4 Å². The van der Waals surface area contributed by atoms with E-state index in [1.807, 2.05) is 23.6 Å². The van der Waals surface area contributed by atoms with E-state index in [0.29, 0.717) is 32.6 Å². The van der Waals surface area contributed by atoms with Crippen LogP contribution in [0.2, 0.25) is 0 Å². The van der Waals surface area contributed by atoms with Gasteiger partial charge in [0.2, 0.25) is 11.8 Å². The van der Waals surface area contributed by atoms with Crippen molar-refractivity contribution in [2.24, 2.45) is 11.7 Å². The van der Waals surface area contributed by atoms with Crippen LogP contribution < -0.4 is 11.1 Å². The van der Waals surface area contributed by atoms with E-state index in [9.17, 15) is 9.59 Å². The molecule has 0 spiro atoms. The molecule has 160 valence electrons. The fourth-order valence-corrected chi connectivity index (χ4v) is 4.13. The number of rotatable bonds is 7. The number of carbonyl (C=O) groups excluding carboxylic acids is 2. The van der Waals surface area contributed by atoms with Crippen LogP contribution in [0.5, 0.6) is 0 Å². The van der Waals surface area contributed by atoms with Gasteiger partial charge in [-0.25, -0.2) is 4.98 Å². The third-order valence-electron chi connectivity index (χ3n) is 4.72. The number of thiazole rings is 1. The van der Waals surface area contributed by atoms with Gasteiger partial charge < -0.3 is 16.0 Å². The van der Waals surface area contributed by atoms with Gasteiger partial charge >= 0.3 is 0 Å². The first-order chi connectivity index (χ1) is 13.2. The van der Waals surface area contributed by atoms with Crippen LogP contribution in [-0.4, -0.2) is 47.9 Å². The smallest absolute Gasteiger partial charge is 0.228 e.